The van der Waals surface area contributed by atoms with E-state index in [4.69, 9.17) is 14.2 Å². The Morgan fingerprint density at radius 1 is 0.932 bits per heavy atom. The van der Waals surface area contributed by atoms with Gasteiger partial charge in [-0.2, -0.15) is 0 Å². The van der Waals surface area contributed by atoms with Crippen molar-refractivity contribution in [2.75, 3.05) is 27.9 Å². The maximum absolute atomic E-state index is 14.6. The first-order valence-electron chi connectivity index (χ1n) is 15.2. The van der Waals surface area contributed by atoms with Gasteiger partial charge in [0.05, 0.1) is 26.8 Å². The summed E-state index contributed by atoms with van der Waals surface area (Å²) in [4.78, 5) is 30.7. The first kappa shape index (κ1) is 30.8. The average Bonchev–Trinajstić information content (AvgIpc) is 3.50. The van der Waals surface area contributed by atoms with Gasteiger partial charge >= 0.3 is 0 Å². The number of para-hydroxylation sites is 1. The number of benzene rings is 3. The zero-order valence-electron chi connectivity index (χ0n) is 25.9. The molecule has 3 aromatic carbocycles. The molecule has 0 spiro atoms. The molecule has 0 unspecified atom stereocenters. The lowest BCUT2D eigenvalue weighted by Gasteiger charge is -2.35. The van der Waals surface area contributed by atoms with Crippen molar-refractivity contribution < 1.29 is 23.8 Å². The molecule has 44 heavy (non-hydrogen) atoms. The standard InChI is InChI=1S/C34H41N5O5/c1-23(39-28-18-12-11-17-27(28)36-37-39)34(41)38(20-19-24-13-7-5-8-14-24)31(33(40)35-26-15-9-6-10-16-26)25-21-29(42-2)32(44-4)30(22-25)43-3/h5,7-8,11-14,17-18,21-23,26,31H,6,9-10,15-16,19-20H2,1-4H3,(H,35,40)/t23-,31+/m0/s1. The largest absolute Gasteiger partial charge is 0.493 e. The van der Waals surface area contributed by atoms with E-state index in [0.717, 1.165) is 43.2 Å². The number of rotatable bonds is 12. The molecule has 0 saturated heterocycles. The van der Waals surface area contributed by atoms with Gasteiger partial charge in [-0.05, 0) is 61.6 Å². The summed E-state index contributed by atoms with van der Waals surface area (Å²) in [5.41, 5.74) is 3.05. The number of aromatic nitrogens is 3. The smallest absolute Gasteiger partial charge is 0.248 e. The minimum absolute atomic E-state index is 0.0450. The first-order chi connectivity index (χ1) is 21.4. The number of fused-ring (bicyclic) bond motifs is 1. The summed E-state index contributed by atoms with van der Waals surface area (Å²) in [6.45, 7) is 2.09. The van der Waals surface area contributed by atoms with Gasteiger partial charge in [0, 0.05) is 12.6 Å². The van der Waals surface area contributed by atoms with Crippen LogP contribution in [0.1, 0.15) is 62.2 Å². The zero-order chi connectivity index (χ0) is 31.1. The molecule has 1 fully saturated rings. The molecule has 1 aromatic heterocycles. The van der Waals surface area contributed by atoms with Gasteiger partial charge in [0.1, 0.15) is 17.6 Å². The molecule has 1 aliphatic rings. The lowest BCUT2D eigenvalue weighted by Crippen LogP contribution is -2.49. The van der Waals surface area contributed by atoms with Gasteiger partial charge in [-0.3, -0.25) is 9.59 Å². The molecule has 0 radical (unpaired) electrons. The van der Waals surface area contributed by atoms with Gasteiger partial charge in [-0.1, -0.05) is 66.9 Å². The molecule has 1 N–H and O–H groups in total. The number of carbonyl (C=O) groups excluding carboxylic acids is 2. The Hall–Kier alpha value is -4.60. The van der Waals surface area contributed by atoms with Crippen molar-refractivity contribution in [2.24, 2.45) is 0 Å². The molecule has 1 heterocycles. The molecule has 2 amide bonds. The van der Waals surface area contributed by atoms with E-state index in [9.17, 15) is 9.59 Å². The third kappa shape index (κ3) is 6.64. The van der Waals surface area contributed by atoms with Gasteiger partial charge in [0.15, 0.2) is 11.5 Å². The van der Waals surface area contributed by atoms with E-state index in [1.165, 1.54) is 21.3 Å². The van der Waals surface area contributed by atoms with Crippen LogP contribution < -0.4 is 19.5 Å². The highest BCUT2D eigenvalue weighted by Crippen LogP contribution is 2.41. The molecule has 1 saturated carbocycles. The van der Waals surface area contributed by atoms with Gasteiger partial charge in [-0.25, -0.2) is 4.68 Å². The van der Waals surface area contributed by atoms with Crippen LogP contribution in [0.25, 0.3) is 11.0 Å². The molecule has 2 atom stereocenters. The average molecular weight is 600 g/mol. The lowest BCUT2D eigenvalue weighted by atomic mass is 9.94. The molecule has 1 aliphatic carbocycles. The fraction of sp³-hybridized carbons (Fsp3) is 0.412. The van der Waals surface area contributed by atoms with Crippen LogP contribution in [0.5, 0.6) is 17.2 Å². The van der Waals surface area contributed by atoms with Crippen LogP contribution in [0, 0.1) is 0 Å². The van der Waals surface area contributed by atoms with Gasteiger partial charge in [0.2, 0.25) is 17.6 Å². The van der Waals surface area contributed by atoms with Crippen LogP contribution in [0.4, 0.5) is 0 Å². The summed E-state index contributed by atoms with van der Waals surface area (Å²) >= 11 is 0. The summed E-state index contributed by atoms with van der Waals surface area (Å²) in [6.07, 6.45) is 5.66. The summed E-state index contributed by atoms with van der Waals surface area (Å²) < 4.78 is 18.5. The van der Waals surface area contributed by atoms with Crippen LogP contribution >= 0.6 is 0 Å². The minimum atomic E-state index is -0.973. The molecule has 0 aliphatic heterocycles. The number of methoxy groups -OCH3 is 3. The Morgan fingerprint density at radius 3 is 2.25 bits per heavy atom. The van der Waals surface area contributed by atoms with Crippen LogP contribution in [-0.2, 0) is 16.0 Å². The van der Waals surface area contributed by atoms with Crippen LogP contribution in [-0.4, -0.2) is 65.6 Å². The molecular weight excluding hydrogens is 558 g/mol. The topological polar surface area (TPSA) is 108 Å². The Kier molecular flexibility index (Phi) is 9.99. The number of hydrogen-bond acceptors (Lipinski definition) is 7. The fourth-order valence-electron chi connectivity index (χ4n) is 6.04. The second-order valence-corrected chi connectivity index (χ2v) is 11.2. The van der Waals surface area contributed by atoms with Crippen molar-refractivity contribution in [2.45, 2.75) is 63.6 Å². The third-order valence-corrected chi connectivity index (χ3v) is 8.38. The monoisotopic (exact) mass is 599 g/mol. The summed E-state index contributed by atoms with van der Waals surface area (Å²) in [5.74, 6) is 0.721. The molecule has 4 aromatic rings. The van der Waals surface area contributed by atoms with Gasteiger partial charge in [0.25, 0.3) is 0 Å². The minimum Gasteiger partial charge on any atom is -0.493 e. The van der Waals surface area contributed by atoms with Crippen LogP contribution in [0.2, 0.25) is 0 Å². The Morgan fingerprint density at radius 2 is 1.59 bits per heavy atom. The predicted molar refractivity (Wildman–Crippen MR) is 168 cm³/mol. The van der Waals surface area contributed by atoms with Crippen molar-refractivity contribution in [1.82, 2.24) is 25.2 Å². The number of nitrogens with one attached hydrogen (secondary N) is 1. The Balaban J connectivity index is 1.60. The number of ether oxygens (including phenoxy) is 3. The van der Waals surface area contributed by atoms with Crippen molar-refractivity contribution in [1.29, 1.82) is 0 Å². The number of amides is 2. The number of nitrogens with zero attached hydrogens (tertiary/aromatic N) is 4. The number of carbonyl (C=O) groups is 2. The third-order valence-electron chi connectivity index (χ3n) is 8.38. The highest BCUT2D eigenvalue weighted by molar-refractivity contribution is 5.91. The lowest BCUT2D eigenvalue weighted by molar-refractivity contribution is -0.143. The molecule has 10 heteroatoms. The molecule has 0 bridgehead atoms. The Labute approximate surface area is 258 Å². The van der Waals surface area contributed by atoms with E-state index >= 15 is 0 Å². The van der Waals surface area contributed by atoms with Crippen LogP contribution in [0.15, 0.2) is 66.7 Å². The molecule has 10 nitrogen and oxygen atoms in total. The van der Waals surface area contributed by atoms with E-state index in [1.54, 1.807) is 28.6 Å². The van der Waals surface area contributed by atoms with Gasteiger partial charge in [-0.15, -0.1) is 5.10 Å². The van der Waals surface area contributed by atoms with Crippen molar-refractivity contribution in [3.8, 4) is 17.2 Å². The summed E-state index contributed by atoms with van der Waals surface area (Å²) in [7, 11) is 4.61. The summed E-state index contributed by atoms with van der Waals surface area (Å²) in [5, 5.41) is 11.9. The highest BCUT2D eigenvalue weighted by Gasteiger charge is 2.37. The van der Waals surface area contributed by atoms with Crippen molar-refractivity contribution >= 4 is 22.8 Å². The van der Waals surface area contributed by atoms with E-state index < -0.39 is 12.1 Å². The summed E-state index contributed by atoms with van der Waals surface area (Å²) in [6, 6.07) is 19.3. The van der Waals surface area contributed by atoms with E-state index in [1.807, 2.05) is 54.6 Å². The normalized spacial score (nSPS) is 14.9. The van der Waals surface area contributed by atoms with E-state index in [2.05, 4.69) is 15.6 Å². The Bertz CT molecular complexity index is 1540. The van der Waals surface area contributed by atoms with E-state index in [-0.39, 0.29) is 17.9 Å². The fourth-order valence-corrected chi connectivity index (χ4v) is 6.04. The molecule has 5 rings (SSSR count). The van der Waals surface area contributed by atoms with Crippen molar-refractivity contribution in [3.63, 3.8) is 0 Å². The highest BCUT2D eigenvalue weighted by atomic mass is 16.5. The van der Waals surface area contributed by atoms with E-state index in [0.29, 0.717) is 41.3 Å². The van der Waals surface area contributed by atoms with Crippen molar-refractivity contribution in [3.05, 3.63) is 77.9 Å². The molecular formula is C34H41N5O5. The molecule has 232 valence electrons. The zero-order valence-corrected chi connectivity index (χ0v) is 25.9. The SMILES string of the molecule is COc1cc([C@H](C(=O)NC2CCCCC2)N(CCc2ccccc2)C(=O)[C@H](C)n2nnc3ccccc32)cc(OC)c1OC. The van der Waals surface area contributed by atoms with Crippen LogP contribution in [0.3, 0.4) is 0 Å². The maximum Gasteiger partial charge on any atom is 0.248 e. The first-order valence-corrected chi connectivity index (χ1v) is 15.2. The van der Waals surface area contributed by atoms with Gasteiger partial charge < -0.3 is 24.4 Å². The second-order valence-electron chi connectivity index (χ2n) is 11.2. The maximum atomic E-state index is 14.6. The number of hydrogen-bond donors (Lipinski definition) is 1. The quantitative estimate of drug-likeness (QED) is 0.236. The predicted octanol–water partition coefficient (Wildman–Crippen LogP) is 5.28. The second kappa shape index (κ2) is 14.2.